The van der Waals surface area contributed by atoms with Gasteiger partial charge in [0, 0.05) is 5.69 Å². The highest BCUT2D eigenvalue weighted by atomic mass is 16.5. The van der Waals surface area contributed by atoms with Crippen LogP contribution in [0.3, 0.4) is 0 Å². The standard InChI is InChI=1S/C14H17NO3/c1-3-18-14(17)11-7-6-10-5-4-9(2)8-12(10)15-13(11)16/h4-5,8,11H,3,6-7H2,1-2H3,(H,15,16). The molecule has 4 nitrogen and oxygen atoms in total. The Balaban J connectivity index is 2.21. The number of hydrogen-bond acceptors (Lipinski definition) is 3. The van der Waals surface area contributed by atoms with Crippen LogP contribution in [0.4, 0.5) is 5.69 Å². The molecule has 0 spiro atoms. The zero-order valence-electron chi connectivity index (χ0n) is 10.7. The number of esters is 1. The van der Waals surface area contributed by atoms with E-state index in [9.17, 15) is 9.59 Å². The van der Waals surface area contributed by atoms with Gasteiger partial charge in [-0.3, -0.25) is 9.59 Å². The van der Waals surface area contributed by atoms with Crippen molar-refractivity contribution in [3.8, 4) is 0 Å². The van der Waals surface area contributed by atoms with Crippen LogP contribution in [-0.2, 0) is 20.7 Å². The smallest absolute Gasteiger partial charge is 0.318 e. The summed E-state index contributed by atoms with van der Waals surface area (Å²) >= 11 is 0. The maximum absolute atomic E-state index is 12.0. The molecule has 4 heteroatoms. The highest BCUT2D eigenvalue weighted by molar-refractivity contribution is 6.05. The summed E-state index contributed by atoms with van der Waals surface area (Å²) in [5.74, 6) is -1.39. The van der Waals surface area contributed by atoms with Crippen molar-refractivity contribution in [2.24, 2.45) is 5.92 Å². The van der Waals surface area contributed by atoms with Crippen molar-refractivity contribution in [1.82, 2.24) is 0 Å². The van der Waals surface area contributed by atoms with Gasteiger partial charge in [0.05, 0.1) is 6.61 Å². The van der Waals surface area contributed by atoms with Crippen molar-refractivity contribution < 1.29 is 14.3 Å². The molecule has 1 aromatic rings. The molecule has 1 amide bonds. The number of fused-ring (bicyclic) bond motifs is 1. The predicted molar refractivity (Wildman–Crippen MR) is 68.3 cm³/mol. The molecule has 1 aliphatic rings. The van der Waals surface area contributed by atoms with E-state index in [1.807, 2.05) is 25.1 Å². The average Bonchev–Trinajstić information content (AvgIpc) is 2.47. The van der Waals surface area contributed by atoms with Crippen LogP contribution in [0, 0.1) is 12.8 Å². The summed E-state index contributed by atoms with van der Waals surface area (Å²) in [6.07, 6.45) is 1.21. The van der Waals surface area contributed by atoms with Crippen molar-refractivity contribution in [2.45, 2.75) is 26.7 Å². The molecule has 0 saturated carbocycles. The Hall–Kier alpha value is -1.84. The third kappa shape index (κ3) is 2.53. The third-order valence-electron chi connectivity index (χ3n) is 3.11. The quantitative estimate of drug-likeness (QED) is 0.643. The highest BCUT2D eigenvalue weighted by Gasteiger charge is 2.30. The topological polar surface area (TPSA) is 55.4 Å². The maximum Gasteiger partial charge on any atom is 0.318 e. The minimum absolute atomic E-state index is 0.266. The second-order valence-corrected chi connectivity index (χ2v) is 4.49. The van der Waals surface area contributed by atoms with Crippen molar-refractivity contribution in [2.75, 3.05) is 11.9 Å². The zero-order valence-corrected chi connectivity index (χ0v) is 10.7. The van der Waals surface area contributed by atoms with Gasteiger partial charge in [-0.15, -0.1) is 0 Å². The molecule has 0 saturated heterocycles. The largest absolute Gasteiger partial charge is 0.465 e. The number of carbonyl (C=O) groups is 2. The second kappa shape index (κ2) is 5.21. The third-order valence-corrected chi connectivity index (χ3v) is 3.11. The van der Waals surface area contributed by atoms with Crippen LogP contribution >= 0.6 is 0 Å². The van der Waals surface area contributed by atoms with Gasteiger partial charge in [-0.1, -0.05) is 12.1 Å². The van der Waals surface area contributed by atoms with E-state index in [-0.39, 0.29) is 5.91 Å². The van der Waals surface area contributed by atoms with Crippen LogP contribution in [0.5, 0.6) is 0 Å². The van der Waals surface area contributed by atoms with Crippen molar-refractivity contribution >= 4 is 17.6 Å². The molecular formula is C14H17NO3. The van der Waals surface area contributed by atoms with Crippen LogP contribution in [-0.4, -0.2) is 18.5 Å². The van der Waals surface area contributed by atoms with Gasteiger partial charge in [0.25, 0.3) is 0 Å². The van der Waals surface area contributed by atoms with Gasteiger partial charge in [-0.2, -0.15) is 0 Å². The summed E-state index contributed by atoms with van der Waals surface area (Å²) in [6.45, 7) is 4.01. The molecule has 1 heterocycles. The number of amides is 1. The number of nitrogens with one attached hydrogen (secondary N) is 1. The fraction of sp³-hybridized carbons (Fsp3) is 0.429. The van der Waals surface area contributed by atoms with Crippen molar-refractivity contribution in [3.63, 3.8) is 0 Å². The van der Waals surface area contributed by atoms with E-state index in [4.69, 9.17) is 4.74 Å². The summed E-state index contributed by atoms with van der Waals surface area (Å²) < 4.78 is 4.93. The SMILES string of the molecule is CCOC(=O)C1CCc2ccc(C)cc2NC1=O. The van der Waals surface area contributed by atoms with Gasteiger partial charge >= 0.3 is 5.97 Å². The van der Waals surface area contributed by atoms with Crippen LogP contribution in [0.1, 0.15) is 24.5 Å². The highest BCUT2D eigenvalue weighted by Crippen LogP contribution is 2.26. The van der Waals surface area contributed by atoms with E-state index in [1.54, 1.807) is 6.92 Å². The normalized spacial score (nSPS) is 18.6. The molecule has 96 valence electrons. The Morgan fingerprint density at radius 2 is 2.28 bits per heavy atom. The summed E-state index contributed by atoms with van der Waals surface area (Å²) in [6, 6.07) is 5.94. The van der Waals surface area contributed by atoms with Crippen LogP contribution < -0.4 is 5.32 Å². The van der Waals surface area contributed by atoms with E-state index in [2.05, 4.69) is 5.32 Å². The number of anilines is 1. The van der Waals surface area contributed by atoms with Crippen LogP contribution in [0.15, 0.2) is 18.2 Å². The predicted octanol–water partition coefficient (Wildman–Crippen LogP) is 2.06. The number of aryl methyl sites for hydroxylation is 2. The molecule has 2 rings (SSSR count). The fourth-order valence-electron chi connectivity index (χ4n) is 2.14. The molecule has 1 N–H and O–H groups in total. The molecule has 0 bridgehead atoms. The molecule has 1 aromatic carbocycles. The first-order chi connectivity index (χ1) is 8.61. The summed E-state index contributed by atoms with van der Waals surface area (Å²) in [4.78, 5) is 23.7. The monoisotopic (exact) mass is 247 g/mol. The summed E-state index contributed by atoms with van der Waals surface area (Å²) in [5.41, 5.74) is 2.97. The number of ether oxygens (including phenoxy) is 1. The van der Waals surface area contributed by atoms with Crippen molar-refractivity contribution in [3.05, 3.63) is 29.3 Å². The lowest BCUT2D eigenvalue weighted by molar-refractivity contribution is -0.151. The van der Waals surface area contributed by atoms with Crippen LogP contribution in [0.2, 0.25) is 0 Å². The Kier molecular flexibility index (Phi) is 3.65. The molecule has 0 aromatic heterocycles. The Labute approximate surface area is 106 Å². The summed E-state index contributed by atoms with van der Waals surface area (Å²) in [5, 5.41) is 2.81. The van der Waals surface area contributed by atoms with E-state index in [0.717, 1.165) is 16.8 Å². The minimum Gasteiger partial charge on any atom is -0.465 e. The first kappa shape index (κ1) is 12.6. The Bertz CT molecular complexity index is 482. The molecule has 1 atom stereocenters. The lowest BCUT2D eigenvalue weighted by Crippen LogP contribution is -2.30. The zero-order chi connectivity index (χ0) is 13.1. The van der Waals surface area contributed by atoms with E-state index in [0.29, 0.717) is 19.4 Å². The summed E-state index contributed by atoms with van der Waals surface area (Å²) in [7, 11) is 0. The van der Waals surface area contributed by atoms with Gasteiger partial charge in [0.2, 0.25) is 5.91 Å². The molecule has 1 aliphatic heterocycles. The maximum atomic E-state index is 12.0. The first-order valence-electron chi connectivity index (χ1n) is 6.19. The van der Waals surface area contributed by atoms with E-state index < -0.39 is 11.9 Å². The van der Waals surface area contributed by atoms with E-state index >= 15 is 0 Å². The second-order valence-electron chi connectivity index (χ2n) is 4.49. The molecular weight excluding hydrogens is 230 g/mol. The molecule has 1 unspecified atom stereocenters. The van der Waals surface area contributed by atoms with Gasteiger partial charge < -0.3 is 10.1 Å². The first-order valence-corrected chi connectivity index (χ1v) is 6.19. The molecule has 0 radical (unpaired) electrons. The number of hydrogen-bond donors (Lipinski definition) is 1. The number of benzene rings is 1. The van der Waals surface area contributed by atoms with Gasteiger partial charge in [0.15, 0.2) is 0 Å². The number of carbonyl (C=O) groups excluding carboxylic acids is 2. The molecule has 0 aliphatic carbocycles. The fourth-order valence-corrected chi connectivity index (χ4v) is 2.14. The van der Waals surface area contributed by atoms with Gasteiger partial charge in [-0.05, 0) is 43.9 Å². The molecule has 18 heavy (non-hydrogen) atoms. The van der Waals surface area contributed by atoms with Gasteiger partial charge in [0.1, 0.15) is 5.92 Å². The Morgan fingerprint density at radius 3 is 3.00 bits per heavy atom. The minimum atomic E-state index is -0.697. The van der Waals surface area contributed by atoms with Crippen LogP contribution in [0.25, 0.3) is 0 Å². The lowest BCUT2D eigenvalue weighted by Gasteiger charge is -2.11. The average molecular weight is 247 g/mol. The van der Waals surface area contributed by atoms with E-state index in [1.165, 1.54) is 0 Å². The lowest BCUT2D eigenvalue weighted by atomic mass is 10.00. The number of rotatable bonds is 2. The Morgan fingerprint density at radius 1 is 1.50 bits per heavy atom. The van der Waals surface area contributed by atoms with Gasteiger partial charge in [-0.25, -0.2) is 0 Å². The molecule has 0 fully saturated rings. The van der Waals surface area contributed by atoms with Crippen molar-refractivity contribution in [1.29, 1.82) is 0 Å².